The molecule has 0 N–H and O–H groups in total. The topological polar surface area (TPSA) is 43.9 Å². The number of piperazine rings is 1. The summed E-state index contributed by atoms with van der Waals surface area (Å²) in [5.41, 5.74) is 0.346. The van der Waals surface area contributed by atoms with Gasteiger partial charge in [0.15, 0.2) is 0 Å². The molecular weight excluding hydrogens is 362 g/mol. The van der Waals surface area contributed by atoms with Gasteiger partial charge >= 0.3 is 0 Å². The van der Waals surface area contributed by atoms with Crippen molar-refractivity contribution < 1.29 is 9.59 Å². The quantitative estimate of drug-likeness (QED) is 0.746. The van der Waals surface area contributed by atoms with Crippen molar-refractivity contribution in [2.75, 3.05) is 44.2 Å². The number of carbonyl (C=O) groups excluding carboxylic acids is 2. The fraction of sp³-hybridized carbons (Fsp3) is 0.619. The highest BCUT2D eigenvalue weighted by atomic mass is 35.5. The lowest BCUT2D eigenvalue weighted by atomic mass is 10.0. The lowest BCUT2D eigenvalue weighted by Crippen LogP contribution is -2.53. The molecule has 3 fully saturated rings. The number of amides is 2. The molecule has 4 rings (SSSR count). The van der Waals surface area contributed by atoms with Crippen molar-refractivity contribution in [1.29, 1.82) is 0 Å². The first kappa shape index (κ1) is 18.6. The average Bonchev–Trinajstić information content (AvgIpc) is 3.52. The Bertz CT molecular complexity index is 703. The molecule has 6 heteroatoms. The van der Waals surface area contributed by atoms with Crippen LogP contribution in [0.25, 0.3) is 0 Å². The molecule has 0 unspecified atom stereocenters. The van der Waals surface area contributed by atoms with Crippen LogP contribution in [0.5, 0.6) is 0 Å². The molecule has 0 atom stereocenters. The Hall–Kier alpha value is -1.75. The Balaban J connectivity index is 1.38. The predicted octanol–water partition coefficient (Wildman–Crippen LogP) is 3.17. The van der Waals surface area contributed by atoms with E-state index in [0.717, 1.165) is 62.6 Å². The Kier molecular flexibility index (Phi) is 5.31. The lowest BCUT2D eigenvalue weighted by Gasteiger charge is -2.38. The zero-order valence-corrected chi connectivity index (χ0v) is 16.6. The van der Waals surface area contributed by atoms with Crippen LogP contribution in [0.2, 0.25) is 5.02 Å². The molecule has 1 aromatic rings. The van der Waals surface area contributed by atoms with Crippen molar-refractivity contribution in [3.05, 3.63) is 29.3 Å². The van der Waals surface area contributed by atoms with Gasteiger partial charge in [-0.25, -0.2) is 0 Å². The monoisotopic (exact) mass is 389 g/mol. The van der Waals surface area contributed by atoms with Gasteiger partial charge in [0.25, 0.3) is 0 Å². The van der Waals surface area contributed by atoms with E-state index in [1.54, 1.807) is 0 Å². The molecule has 2 heterocycles. The second-order valence-corrected chi connectivity index (χ2v) is 8.48. The van der Waals surface area contributed by atoms with E-state index in [9.17, 15) is 9.59 Å². The zero-order chi connectivity index (χ0) is 18.9. The number of carbonyl (C=O) groups is 2. The standard InChI is InChI=1S/C21H28ClN3O2/c22-17-6-5-7-18(16-17)23-12-14-25(15-13-23)20(27)21(8-9-21)19(26)24-10-3-1-2-4-11-24/h5-7,16H,1-4,8-15H2. The molecule has 27 heavy (non-hydrogen) atoms. The van der Waals surface area contributed by atoms with Crippen LogP contribution < -0.4 is 4.90 Å². The molecule has 1 aliphatic carbocycles. The molecule has 0 aromatic heterocycles. The van der Waals surface area contributed by atoms with E-state index in [-0.39, 0.29) is 11.8 Å². The van der Waals surface area contributed by atoms with E-state index in [0.29, 0.717) is 13.1 Å². The van der Waals surface area contributed by atoms with Gasteiger partial charge in [0.05, 0.1) is 0 Å². The molecule has 0 bridgehead atoms. The van der Waals surface area contributed by atoms with Gasteiger partial charge in [0.2, 0.25) is 11.8 Å². The van der Waals surface area contributed by atoms with Crippen LogP contribution in [0.1, 0.15) is 38.5 Å². The fourth-order valence-corrected chi connectivity index (χ4v) is 4.55. The second kappa shape index (κ2) is 7.70. The molecule has 1 saturated carbocycles. The van der Waals surface area contributed by atoms with Gasteiger partial charge in [-0.3, -0.25) is 9.59 Å². The molecular formula is C21H28ClN3O2. The van der Waals surface area contributed by atoms with Gasteiger partial charge < -0.3 is 14.7 Å². The van der Waals surface area contributed by atoms with Crippen LogP contribution in [0, 0.1) is 5.41 Å². The Morgan fingerprint density at radius 3 is 1.96 bits per heavy atom. The highest BCUT2D eigenvalue weighted by Crippen LogP contribution is 2.49. The predicted molar refractivity (Wildman–Crippen MR) is 107 cm³/mol. The zero-order valence-electron chi connectivity index (χ0n) is 15.8. The van der Waals surface area contributed by atoms with Crippen LogP contribution in [0.15, 0.2) is 24.3 Å². The number of nitrogens with zero attached hydrogens (tertiary/aromatic N) is 3. The largest absolute Gasteiger partial charge is 0.368 e. The summed E-state index contributed by atoms with van der Waals surface area (Å²) in [6.45, 7) is 4.52. The molecule has 2 aliphatic heterocycles. The summed E-state index contributed by atoms with van der Waals surface area (Å²) in [6.07, 6.45) is 5.94. The van der Waals surface area contributed by atoms with Crippen molar-refractivity contribution in [1.82, 2.24) is 9.80 Å². The van der Waals surface area contributed by atoms with Crippen LogP contribution in [0.3, 0.4) is 0 Å². The first-order chi connectivity index (χ1) is 13.1. The summed E-state index contributed by atoms with van der Waals surface area (Å²) >= 11 is 6.10. The van der Waals surface area contributed by atoms with E-state index < -0.39 is 5.41 Å². The number of anilines is 1. The first-order valence-corrected chi connectivity index (χ1v) is 10.6. The second-order valence-electron chi connectivity index (χ2n) is 8.05. The van der Waals surface area contributed by atoms with Gasteiger partial charge in [0, 0.05) is 50.0 Å². The lowest BCUT2D eigenvalue weighted by molar-refractivity contribution is -0.149. The number of hydrogen-bond acceptors (Lipinski definition) is 3. The maximum atomic E-state index is 13.2. The van der Waals surface area contributed by atoms with Gasteiger partial charge in [-0.15, -0.1) is 0 Å². The normalized spacial score (nSPS) is 22.3. The summed E-state index contributed by atoms with van der Waals surface area (Å²) in [5.74, 6) is 0.147. The molecule has 0 radical (unpaired) electrons. The maximum Gasteiger partial charge on any atom is 0.238 e. The molecule has 146 valence electrons. The van der Waals surface area contributed by atoms with E-state index in [2.05, 4.69) is 11.0 Å². The van der Waals surface area contributed by atoms with Crippen LogP contribution in [0.4, 0.5) is 5.69 Å². The smallest absolute Gasteiger partial charge is 0.238 e. The van der Waals surface area contributed by atoms with Gasteiger partial charge in [-0.05, 0) is 43.9 Å². The van der Waals surface area contributed by atoms with Crippen molar-refractivity contribution in [2.45, 2.75) is 38.5 Å². The minimum Gasteiger partial charge on any atom is -0.368 e. The maximum absolute atomic E-state index is 13.2. The third-order valence-electron chi connectivity index (χ3n) is 6.20. The summed E-state index contributed by atoms with van der Waals surface area (Å²) in [4.78, 5) is 32.4. The summed E-state index contributed by atoms with van der Waals surface area (Å²) < 4.78 is 0. The summed E-state index contributed by atoms with van der Waals surface area (Å²) in [7, 11) is 0. The fourth-order valence-electron chi connectivity index (χ4n) is 4.36. The number of rotatable bonds is 3. The van der Waals surface area contributed by atoms with Crippen molar-refractivity contribution in [3.8, 4) is 0 Å². The van der Waals surface area contributed by atoms with Crippen molar-refractivity contribution >= 4 is 29.1 Å². The number of hydrogen-bond donors (Lipinski definition) is 0. The average molecular weight is 390 g/mol. The minimum absolute atomic E-state index is 0.0579. The van der Waals surface area contributed by atoms with Gasteiger partial charge in [0.1, 0.15) is 5.41 Å². The third-order valence-corrected chi connectivity index (χ3v) is 6.44. The molecule has 1 aromatic carbocycles. The van der Waals surface area contributed by atoms with Gasteiger partial charge in [-0.1, -0.05) is 30.5 Å². The van der Waals surface area contributed by atoms with Crippen LogP contribution >= 0.6 is 11.6 Å². The number of halogens is 1. The van der Waals surface area contributed by atoms with E-state index in [4.69, 9.17) is 11.6 Å². The van der Waals surface area contributed by atoms with E-state index in [1.165, 1.54) is 12.8 Å². The molecule has 0 spiro atoms. The van der Waals surface area contributed by atoms with Crippen LogP contribution in [-0.2, 0) is 9.59 Å². The summed E-state index contributed by atoms with van der Waals surface area (Å²) in [6, 6.07) is 7.84. The van der Waals surface area contributed by atoms with E-state index in [1.807, 2.05) is 28.0 Å². The third kappa shape index (κ3) is 3.79. The first-order valence-electron chi connectivity index (χ1n) is 10.2. The Labute approximate surface area is 166 Å². The number of likely N-dealkylation sites (tertiary alicyclic amines) is 1. The highest BCUT2D eigenvalue weighted by Gasteiger charge is 2.59. The molecule has 5 nitrogen and oxygen atoms in total. The molecule has 3 aliphatic rings. The summed E-state index contributed by atoms with van der Waals surface area (Å²) in [5, 5.41) is 0.728. The van der Waals surface area contributed by atoms with Crippen LogP contribution in [-0.4, -0.2) is 60.9 Å². The number of benzene rings is 1. The molecule has 2 amide bonds. The Morgan fingerprint density at radius 1 is 0.815 bits per heavy atom. The Morgan fingerprint density at radius 2 is 1.41 bits per heavy atom. The highest BCUT2D eigenvalue weighted by molar-refractivity contribution is 6.30. The minimum atomic E-state index is -0.747. The SMILES string of the molecule is O=C(N1CCCCCC1)C1(C(=O)N2CCN(c3cccc(Cl)c3)CC2)CC1. The van der Waals surface area contributed by atoms with Crippen molar-refractivity contribution in [3.63, 3.8) is 0 Å². The molecule has 2 saturated heterocycles. The van der Waals surface area contributed by atoms with Crippen molar-refractivity contribution in [2.24, 2.45) is 5.41 Å². The van der Waals surface area contributed by atoms with E-state index >= 15 is 0 Å². The van der Waals surface area contributed by atoms with Gasteiger partial charge in [-0.2, -0.15) is 0 Å².